The summed E-state index contributed by atoms with van der Waals surface area (Å²) in [7, 11) is 0. The fraction of sp³-hybridized carbons (Fsp3) is 0.696. The molecule has 1 saturated heterocycles. The summed E-state index contributed by atoms with van der Waals surface area (Å²) in [6.45, 7) is 9.95. The van der Waals surface area contributed by atoms with Gasteiger partial charge in [-0.05, 0) is 54.1 Å². The number of hydrogen-bond acceptors (Lipinski definition) is 2. The van der Waals surface area contributed by atoms with Crippen LogP contribution in [0.3, 0.4) is 0 Å². The SMILES string of the molecule is CCc1ccc(C2(F)CN(C3CCC(CC#N)(C(C)(C)C)CC3)C2)cc1. The fourth-order valence-corrected chi connectivity index (χ4v) is 4.94. The summed E-state index contributed by atoms with van der Waals surface area (Å²) in [5.41, 5.74) is 1.17. The standard InChI is InChI=1S/C23H33FN2/c1-5-18-6-8-19(9-7-18)23(24)16-26(17-23)20-10-12-22(13-11-20,14-15-25)21(2,3)4/h6-9,20H,5,10-14,16-17H2,1-4H3. The van der Waals surface area contributed by atoms with E-state index in [2.05, 4.69) is 50.8 Å². The quantitative estimate of drug-likeness (QED) is 0.700. The highest BCUT2D eigenvalue weighted by Crippen LogP contribution is 2.53. The van der Waals surface area contributed by atoms with Crippen LogP contribution in [0.15, 0.2) is 24.3 Å². The molecule has 0 radical (unpaired) electrons. The van der Waals surface area contributed by atoms with Gasteiger partial charge in [0, 0.05) is 25.6 Å². The van der Waals surface area contributed by atoms with Crippen LogP contribution < -0.4 is 0 Å². The molecule has 0 N–H and O–H groups in total. The van der Waals surface area contributed by atoms with Gasteiger partial charge in [-0.15, -0.1) is 0 Å². The van der Waals surface area contributed by atoms with Crippen LogP contribution in [-0.4, -0.2) is 24.0 Å². The third-order valence-corrected chi connectivity index (χ3v) is 7.22. The van der Waals surface area contributed by atoms with Gasteiger partial charge in [-0.2, -0.15) is 5.26 Å². The molecule has 1 aromatic rings. The number of alkyl halides is 1. The Labute approximate surface area is 158 Å². The zero-order chi connectivity index (χ0) is 19.0. The second-order valence-corrected chi connectivity index (χ2v) is 9.52. The molecule has 0 atom stereocenters. The van der Waals surface area contributed by atoms with Crippen molar-refractivity contribution in [1.82, 2.24) is 4.90 Å². The summed E-state index contributed by atoms with van der Waals surface area (Å²) in [6, 6.07) is 10.9. The first-order chi connectivity index (χ1) is 12.2. The number of aryl methyl sites for hydroxylation is 1. The number of benzene rings is 1. The minimum Gasteiger partial charge on any atom is -0.293 e. The zero-order valence-electron chi connectivity index (χ0n) is 16.8. The molecule has 142 valence electrons. The van der Waals surface area contributed by atoms with Gasteiger partial charge in [-0.25, -0.2) is 4.39 Å². The number of halogens is 1. The molecule has 0 spiro atoms. The van der Waals surface area contributed by atoms with Crippen molar-refractivity contribution in [2.45, 2.75) is 77.9 Å². The highest BCUT2D eigenvalue weighted by molar-refractivity contribution is 5.30. The van der Waals surface area contributed by atoms with Gasteiger partial charge in [-0.3, -0.25) is 4.90 Å². The Morgan fingerprint density at radius 3 is 2.19 bits per heavy atom. The van der Waals surface area contributed by atoms with E-state index in [0.29, 0.717) is 25.6 Å². The lowest BCUT2D eigenvalue weighted by molar-refractivity contribution is -0.0863. The summed E-state index contributed by atoms with van der Waals surface area (Å²) in [5.74, 6) is 0. The highest BCUT2D eigenvalue weighted by Gasteiger charge is 2.50. The van der Waals surface area contributed by atoms with Crippen LogP contribution >= 0.6 is 0 Å². The normalized spacial score (nSPS) is 29.0. The van der Waals surface area contributed by atoms with Crippen molar-refractivity contribution in [3.05, 3.63) is 35.4 Å². The Kier molecular flexibility index (Phi) is 5.19. The van der Waals surface area contributed by atoms with Crippen molar-refractivity contribution in [3.8, 4) is 6.07 Å². The monoisotopic (exact) mass is 356 g/mol. The van der Waals surface area contributed by atoms with Crippen molar-refractivity contribution in [2.75, 3.05) is 13.1 Å². The van der Waals surface area contributed by atoms with E-state index in [4.69, 9.17) is 0 Å². The first-order valence-corrected chi connectivity index (χ1v) is 10.1. The number of hydrogen-bond donors (Lipinski definition) is 0. The minimum atomic E-state index is -1.18. The van der Waals surface area contributed by atoms with Gasteiger partial charge in [0.15, 0.2) is 5.67 Å². The van der Waals surface area contributed by atoms with Crippen LogP contribution in [0, 0.1) is 22.2 Å². The number of rotatable bonds is 4. The predicted molar refractivity (Wildman–Crippen MR) is 105 cm³/mol. The van der Waals surface area contributed by atoms with Gasteiger partial charge in [0.2, 0.25) is 0 Å². The molecule has 1 aliphatic heterocycles. The predicted octanol–water partition coefficient (Wildman–Crippen LogP) is 5.62. The van der Waals surface area contributed by atoms with Crippen molar-refractivity contribution in [3.63, 3.8) is 0 Å². The second kappa shape index (κ2) is 6.97. The molecule has 3 rings (SSSR count). The van der Waals surface area contributed by atoms with Crippen molar-refractivity contribution < 1.29 is 4.39 Å². The van der Waals surface area contributed by atoms with Crippen molar-refractivity contribution in [2.24, 2.45) is 10.8 Å². The maximum atomic E-state index is 15.3. The minimum absolute atomic E-state index is 0.117. The van der Waals surface area contributed by atoms with Gasteiger partial charge in [0.1, 0.15) is 0 Å². The van der Waals surface area contributed by atoms with Crippen LogP contribution in [0.5, 0.6) is 0 Å². The number of nitrogens with zero attached hydrogens (tertiary/aromatic N) is 2. The molecule has 2 fully saturated rings. The van der Waals surface area contributed by atoms with Gasteiger partial charge < -0.3 is 0 Å². The van der Waals surface area contributed by atoms with E-state index < -0.39 is 5.67 Å². The molecule has 1 aliphatic carbocycles. The molecule has 0 bridgehead atoms. The Morgan fingerprint density at radius 2 is 1.73 bits per heavy atom. The third kappa shape index (κ3) is 3.41. The molecular formula is C23H33FN2. The van der Waals surface area contributed by atoms with Crippen molar-refractivity contribution in [1.29, 1.82) is 5.26 Å². The first-order valence-electron chi connectivity index (χ1n) is 10.1. The molecule has 2 aliphatic rings. The maximum absolute atomic E-state index is 15.3. The molecule has 26 heavy (non-hydrogen) atoms. The van der Waals surface area contributed by atoms with E-state index >= 15 is 4.39 Å². The lowest BCUT2D eigenvalue weighted by Gasteiger charge is -2.54. The Hall–Kier alpha value is -1.40. The van der Waals surface area contributed by atoms with Crippen LogP contribution in [0.25, 0.3) is 0 Å². The average Bonchev–Trinajstić information content (AvgIpc) is 2.59. The molecule has 1 saturated carbocycles. The van der Waals surface area contributed by atoms with Crippen LogP contribution in [-0.2, 0) is 12.1 Å². The van der Waals surface area contributed by atoms with E-state index in [-0.39, 0.29) is 10.8 Å². The van der Waals surface area contributed by atoms with E-state index in [1.54, 1.807) is 0 Å². The molecular weight excluding hydrogens is 323 g/mol. The van der Waals surface area contributed by atoms with E-state index in [9.17, 15) is 5.26 Å². The van der Waals surface area contributed by atoms with Gasteiger partial charge in [0.05, 0.1) is 6.07 Å². The van der Waals surface area contributed by atoms with Crippen LogP contribution in [0.2, 0.25) is 0 Å². The second-order valence-electron chi connectivity index (χ2n) is 9.52. The number of likely N-dealkylation sites (tertiary alicyclic amines) is 1. The number of nitriles is 1. The van der Waals surface area contributed by atoms with E-state index in [1.807, 2.05) is 12.1 Å². The molecule has 0 unspecified atom stereocenters. The summed E-state index contributed by atoms with van der Waals surface area (Å²) >= 11 is 0. The highest BCUT2D eigenvalue weighted by atomic mass is 19.1. The van der Waals surface area contributed by atoms with Gasteiger partial charge >= 0.3 is 0 Å². The lowest BCUT2D eigenvalue weighted by Crippen LogP contribution is -2.61. The topological polar surface area (TPSA) is 27.0 Å². The Balaban J connectivity index is 1.59. The van der Waals surface area contributed by atoms with E-state index in [1.165, 1.54) is 5.56 Å². The van der Waals surface area contributed by atoms with Gasteiger partial charge in [0.25, 0.3) is 0 Å². The average molecular weight is 357 g/mol. The smallest absolute Gasteiger partial charge is 0.161 e. The molecule has 1 heterocycles. The molecule has 0 amide bonds. The summed E-state index contributed by atoms with van der Waals surface area (Å²) in [4.78, 5) is 2.33. The lowest BCUT2D eigenvalue weighted by atomic mass is 9.57. The first kappa shape index (κ1) is 19.4. The zero-order valence-corrected chi connectivity index (χ0v) is 16.8. The summed E-state index contributed by atoms with van der Waals surface area (Å²) < 4.78 is 15.3. The molecule has 0 aromatic heterocycles. The largest absolute Gasteiger partial charge is 0.293 e. The van der Waals surface area contributed by atoms with Crippen LogP contribution in [0.4, 0.5) is 4.39 Å². The molecule has 1 aromatic carbocycles. The third-order valence-electron chi connectivity index (χ3n) is 7.22. The summed E-state index contributed by atoms with van der Waals surface area (Å²) in [6.07, 6.45) is 5.96. The summed E-state index contributed by atoms with van der Waals surface area (Å²) in [5, 5.41) is 9.30. The fourth-order valence-electron chi connectivity index (χ4n) is 4.94. The Bertz CT molecular complexity index is 651. The maximum Gasteiger partial charge on any atom is 0.161 e. The molecule has 2 nitrogen and oxygen atoms in total. The van der Waals surface area contributed by atoms with Gasteiger partial charge in [-0.1, -0.05) is 52.0 Å². The molecule has 3 heteroatoms. The van der Waals surface area contributed by atoms with Crippen molar-refractivity contribution >= 4 is 0 Å². The van der Waals surface area contributed by atoms with Crippen LogP contribution in [0.1, 0.15) is 70.9 Å². The van der Waals surface area contributed by atoms with E-state index in [0.717, 1.165) is 37.7 Å². The Morgan fingerprint density at radius 1 is 1.15 bits per heavy atom.